The molecule has 106 valence electrons. The quantitative estimate of drug-likeness (QED) is 0.929. The first-order chi connectivity index (χ1) is 9.38. The molecule has 1 aromatic heterocycles. The predicted molar refractivity (Wildman–Crippen MR) is 83.1 cm³/mol. The molecule has 1 N–H and O–H groups in total. The summed E-state index contributed by atoms with van der Waals surface area (Å²) in [6.45, 7) is 8.55. The average molecular weight is 288 g/mol. The summed E-state index contributed by atoms with van der Waals surface area (Å²) in [6, 6.07) is 8.37. The molecule has 0 aliphatic carbocycles. The highest BCUT2D eigenvalue weighted by Gasteiger charge is 2.15. The van der Waals surface area contributed by atoms with Crippen LogP contribution in [0.3, 0.4) is 0 Å². The maximum absolute atomic E-state index is 11.9. The summed E-state index contributed by atoms with van der Waals surface area (Å²) in [7, 11) is 0. The van der Waals surface area contributed by atoms with Crippen molar-refractivity contribution >= 4 is 17.2 Å². The van der Waals surface area contributed by atoms with Crippen LogP contribution in [0, 0.1) is 0 Å². The molecular weight excluding hydrogens is 268 g/mol. The highest BCUT2D eigenvalue weighted by atomic mass is 32.1. The van der Waals surface area contributed by atoms with Crippen LogP contribution in [0.5, 0.6) is 0 Å². The van der Waals surface area contributed by atoms with Gasteiger partial charge in [0, 0.05) is 5.38 Å². The maximum atomic E-state index is 11.9. The second-order valence-electron chi connectivity index (χ2n) is 5.94. The van der Waals surface area contributed by atoms with E-state index in [0.29, 0.717) is 5.69 Å². The zero-order valence-corrected chi connectivity index (χ0v) is 13.1. The van der Waals surface area contributed by atoms with E-state index in [4.69, 9.17) is 0 Å². The van der Waals surface area contributed by atoms with E-state index >= 15 is 0 Å². The van der Waals surface area contributed by atoms with Gasteiger partial charge in [-0.25, -0.2) is 4.98 Å². The largest absolute Gasteiger partial charge is 0.344 e. The maximum Gasteiger partial charge on any atom is 0.271 e. The second-order valence-corrected chi connectivity index (χ2v) is 6.66. The minimum absolute atomic E-state index is 0.0294. The third-order valence-electron chi connectivity index (χ3n) is 3.29. The molecule has 1 heterocycles. The lowest BCUT2D eigenvalue weighted by Crippen LogP contribution is -2.26. The molecule has 0 spiro atoms. The van der Waals surface area contributed by atoms with Crippen molar-refractivity contribution in [2.45, 2.75) is 39.2 Å². The van der Waals surface area contributed by atoms with Crippen molar-refractivity contribution in [1.82, 2.24) is 10.3 Å². The highest BCUT2D eigenvalue weighted by Crippen LogP contribution is 2.24. The molecule has 4 heteroatoms. The molecule has 2 aromatic rings. The van der Waals surface area contributed by atoms with Crippen molar-refractivity contribution in [3.8, 4) is 0 Å². The molecule has 0 fully saturated rings. The zero-order chi connectivity index (χ0) is 14.8. The van der Waals surface area contributed by atoms with Crippen LogP contribution in [0.4, 0.5) is 0 Å². The van der Waals surface area contributed by atoms with Gasteiger partial charge in [0.2, 0.25) is 0 Å². The number of aromatic nitrogens is 1. The molecular formula is C16H20N2OS. The molecule has 0 radical (unpaired) electrons. The Balaban J connectivity index is 2.06. The Morgan fingerprint density at radius 3 is 2.40 bits per heavy atom. The van der Waals surface area contributed by atoms with Gasteiger partial charge in [0.05, 0.1) is 11.6 Å². The minimum Gasteiger partial charge on any atom is -0.344 e. The molecule has 1 amide bonds. The summed E-state index contributed by atoms with van der Waals surface area (Å²) in [5.41, 5.74) is 4.68. The van der Waals surface area contributed by atoms with E-state index < -0.39 is 0 Å². The fourth-order valence-corrected chi connectivity index (χ4v) is 2.48. The summed E-state index contributed by atoms with van der Waals surface area (Å²) in [5, 5.41) is 4.72. The lowest BCUT2D eigenvalue weighted by Gasteiger charge is -2.20. The van der Waals surface area contributed by atoms with Crippen molar-refractivity contribution in [2.24, 2.45) is 0 Å². The number of hydrogen-bond donors (Lipinski definition) is 1. The lowest BCUT2D eigenvalue weighted by atomic mass is 9.86. The second kappa shape index (κ2) is 5.75. The van der Waals surface area contributed by atoms with Gasteiger partial charge in [0.25, 0.3) is 5.91 Å². The van der Waals surface area contributed by atoms with Crippen LogP contribution in [0.1, 0.15) is 55.4 Å². The summed E-state index contributed by atoms with van der Waals surface area (Å²) in [6.07, 6.45) is 0. The smallest absolute Gasteiger partial charge is 0.271 e. The van der Waals surface area contributed by atoms with Crippen molar-refractivity contribution < 1.29 is 4.79 Å². The number of carbonyl (C=O) groups excluding carboxylic acids is 1. The first kappa shape index (κ1) is 14.7. The lowest BCUT2D eigenvalue weighted by molar-refractivity contribution is 0.0935. The van der Waals surface area contributed by atoms with Crippen LogP contribution < -0.4 is 5.32 Å². The number of benzene rings is 1. The SMILES string of the molecule is CC(NC(=O)c1cscn1)c1ccc(C(C)(C)C)cc1. The fourth-order valence-electron chi connectivity index (χ4n) is 1.95. The van der Waals surface area contributed by atoms with Gasteiger partial charge in [0.15, 0.2) is 0 Å². The Bertz CT molecular complexity index is 568. The Morgan fingerprint density at radius 1 is 1.25 bits per heavy atom. The van der Waals surface area contributed by atoms with Gasteiger partial charge in [-0.3, -0.25) is 4.79 Å². The molecule has 2 rings (SSSR count). The Labute approximate surface area is 124 Å². The number of nitrogens with one attached hydrogen (secondary N) is 1. The standard InChI is InChI=1S/C16H20N2OS/c1-11(18-15(19)14-9-20-10-17-14)12-5-7-13(8-6-12)16(2,3)4/h5-11H,1-4H3,(H,18,19). The van der Waals surface area contributed by atoms with Gasteiger partial charge in [-0.15, -0.1) is 11.3 Å². The van der Waals surface area contributed by atoms with Crippen LogP contribution >= 0.6 is 11.3 Å². The first-order valence-electron chi connectivity index (χ1n) is 6.67. The molecule has 20 heavy (non-hydrogen) atoms. The first-order valence-corrected chi connectivity index (χ1v) is 7.61. The topological polar surface area (TPSA) is 42.0 Å². The molecule has 1 unspecified atom stereocenters. The highest BCUT2D eigenvalue weighted by molar-refractivity contribution is 7.07. The fraction of sp³-hybridized carbons (Fsp3) is 0.375. The number of nitrogens with zero attached hydrogens (tertiary/aromatic N) is 1. The van der Waals surface area contributed by atoms with Gasteiger partial charge in [-0.1, -0.05) is 45.0 Å². The number of hydrogen-bond acceptors (Lipinski definition) is 3. The van der Waals surface area contributed by atoms with Gasteiger partial charge < -0.3 is 5.32 Å². The predicted octanol–water partition coefficient (Wildman–Crippen LogP) is 3.93. The van der Waals surface area contributed by atoms with Crippen molar-refractivity contribution in [1.29, 1.82) is 0 Å². The van der Waals surface area contributed by atoms with E-state index in [2.05, 4.69) is 55.3 Å². The molecule has 0 aliphatic rings. The third kappa shape index (κ3) is 3.45. The summed E-state index contributed by atoms with van der Waals surface area (Å²) in [4.78, 5) is 16.0. The number of amides is 1. The van der Waals surface area contributed by atoms with Crippen molar-refractivity contribution in [2.75, 3.05) is 0 Å². The van der Waals surface area contributed by atoms with E-state index in [9.17, 15) is 4.79 Å². The molecule has 3 nitrogen and oxygen atoms in total. The summed E-state index contributed by atoms with van der Waals surface area (Å²) < 4.78 is 0. The molecule has 0 saturated heterocycles. The van der Waals surface area contributed by atoms with E-state index in [1.165, 1.54) is 16.9 Å². The Morgan fingerprint density at radius 2 is 1.90 bits per heavy atom. The van der Waals surface area contributed by atoms with E-state index in [1.807, 2.05) is 6.92 Å². The van der Waals surface area contributed by atoms with Crippen molar-refractivity contribution in [3.63, 3.8) is 0 Å². The molecule has 1 aromatic carbocycles. The summed E-state index contributed by atoms with van der Waals surface area (Å²) >= 11 is 1.42. The minimum atomic E-state index is -0.126. The molecule has 0 aliphatic heterocycles. The normalized spacial score (nSPS) is 13.0. The Hall–Kier alpha value is -1.68. The molecule has 0 bridgehead atoms. The van der Waals surface area contributed by atoms with Crippen molar-refractivity contribution in [3.05, 3.63) is 52.0 Å². The van der Waals surface area contributed by atoms with Crippen LogP contribution in [-0.4, -0.2) is 10.9 Å². The average Bonchev–Trinajstić information content (AvgIpc) is 2.91. The number of rotatable bonds is 3. The molecule has 0 saturated carbocycles. The monoisotopic (exact) mass is 288 g/mol. The van der Waals surface area contributed by atoms with Crippen LogP contribution in [0.15, 0.2) is 35.2 Å². The summed E-state index contributed by atoms with van der Waals surface area (Å²) in [5.74, 6) is -0.126. The van der Waals surface area contributed by atoms with Crippen LogP contribution in [0.2, 0.25) is 0 Å². The van der Waals surface area contributed by atoms with Gasteiger partial charge in [0.1, 0.15) is 5.69 Å². The van der Waals surface area contributed by atoms with E-state index in [1.54, 1.807) is 10.9 Å². The van der Waals surface area contributed by atoms with Crippen LogP contribution in [0.25, 0.3) is 0 Å². The van der Waals surface area contributed by atoms with Gasteiger partial charge >= 0.3 is 0 Å². The van der Waals surface area contributed by atoms with Gasteiger partial charge in [-0.2, -0.15) is 0 Å². The van der Waals surface area contributed by atoms with E-state index in [-0.39, 0.29) is 17.4 Å². The zero-order valence-electron chi connectivity index (χ0n) is 12.3. The van der Waals surface area contributed by atoms with Gasteiger partial charge in [-0.05, 0) is 23.5 Å². The van der Waals surface area contributed by atoms with Crippen LogP contribution in [-0.2, 0) is 5.41 Å². The third-order valence-corrected chi connectivity index (χ3v) is 3.88. The Kier molecular flexibility index (Phi) is 4.23. The number of thiazole rings is 1. The number of carbonyl (C=O) groups is 1. The van der Waals surface area contributed by atoms with E-state index in [0.717, 1.165) is 5.56 Å². The molecule has 1 atom stereocenters.